The molecule has 8 nitrogen and oxygen atoms in total. The third kappa shape index (κ3) is 4.54. The molecule has 30 heavy (non-hydrogen) atoms. The van der Waals surface area contributed by atoms with E-state index in [0.29, 0.717) is 29.1 Å². The Hall–Kier alpha value is -3.54. The summed E-state index contributed by atoms with van der Waals surface area (Å²) >= 11 is 0. The first-order valence-electron chi connectivity index (χ1n) is 9.45. The largest absolute Gasteiger partial charge is 0.457 e. The number of aromatic nitrogens is 1. The lowest BCUT2D eigenvalue weighted by atomic mass is 9.95. The van der Waals surface area contributed by atoms with Gasteiger partial charge in [-0.2, -0.15) is 5.26 Å². The van der Waals surface area contributed by atoms with Crippen LogP contribution in [-0.2, 0) is 11.3 Å². The minimum absolute atomic E-state index is 0.239. The van der Waals surface area contributed by atoms with Crippen molar-refractivity contribution in [1.82, 2.24) is 10.3 Å². The highest BCUT2D eigenvalue weighted by Gasteiger charge is 2.25. The minimum atomic E-state index is -0.756. The Balaban J connectivity index is 1.57. The lowest BCUT2D eigenvalue weighted by Crippen LogP contribution is -2.25. The van der Waals surface area contributed by atoms with Crippen molar-refractivity contribution >= 4 is 18.0 Å². The molecule has 1 aromatic heterocycles. The number of aliphatic hydroxyl groups is 1. The normalized spacial score (nSPS) is 13.9. The summed E-state index contributed by atoms with van der Waals surface area (Å²) in [5, 5.41) is 33.2. The number of cyclic esters (lactones) is 1. The van der Waals surface area contributed by atoms with E-state index in [1.807, 2.05) is 13.8 Å². The van der Waals surface area contributed by atoms with Gasteiger partial charge in [0.05, 0.1) is 17.2 Å². The molecule has 0 bridgehead atoms. The van der Waals surface area contributed by atoms with Crippen molar-refractivity contribution in [2.75, 3.05) is 18.4 Å². The van der Waals surface area contributed by atoms with E-state index < -0.39 is 6.10 Å². The highest BCUT2D eigenvalue weighted by atomic mass is 16.5. The lowest BCUT2D eigenvalue weighted by Gasteiger charge is -2.16. The van der Waals surface area contributed by atoms with E-state index in [1.165, 1.54) is 12.4 Å². The van der Waals surface area contributed by atoms with Gasteiger partial charge in [0.1, 0.15) is 18.5 Å². The molecule has 0 amide bonds. The van der Waals surface area contributed by atoms with Crippen molar-refractivity contribution < 1.29 is 14.6 Å². The lowest BCUT2D eigenvalue weighted by molar-refractivity contribution is 0.0535. The number of benzene rings is 1. The van der Waals surface area contributed by atoms with Gasteiger partial charge in [-0.1, -0.05) is 6.07 Å². The van der Waals surface area contributed by atoms with Crippen LogP contribution in [0.1, 0.15) is 44.3 Å². The van der Waals surface area contributed by atoms with E-state index >= 15 is 0 Å². The molecule has 0 aliphatic carbocycles. The van der Waals surface area contributed by atoms with Crippen molar-refractivity contribution in [2.45, 2.75) is 26.6 Å². The second-order valence-corrected chi connectivity index (χ2v) is 7.03. The topological polar surface area (TPSA) is 131 Å². The number of esters is 1. The first-order chi connectivity index (χ1) is 14.4. The number of ether oxygens (including phenoxy) is 1. The van der Waals surface area contributed by atoms with E-state index in [0.717, 1.165) is 22.3 Å². The number of aryl methyl sites for hydroxylation is 1. The van der Waals surface area contributed by atoms with Crippen LogP contribution in [0, 0.1) is 30.6 Å². The third-order valence-corrected chi connectivity index (χ3v) is 5.06. The van der Waals surface area contributed by atoms with Gasteiger partial charge in [0.2, 0.25) is 0 Å². The fourth-order valence-corrected chi connectivity index (χ4v) is 3.25. The first kappa shape index (κ1) is 21.2. The Kier molecular flexibility index (Phi) is 6.57. The number of rotatable bonds is 8. The van der Waals surface area contributed by atoms with Gasteiger partial charge in [0.25, 0.3) is 0 Å². The van der Waals surface area contributed by atoms with Gasteiger partial charge in [-0.3, -0.25) is 0 Å². The molecule has 0 radical (unpaired) electrons. The summed E-state index contributed by atoms with van der Waals surface area (Å²) in [4.78, 5) is 15.8. The van der Waals surface area contributed by atoms with Crippen molar-refractivity contribution in [3.8, 4) is 6.07 Å². The molecular formula is C22H23N5O3. The summed E-state index contributed by atoms with van der Waals surface area (Å²) in [7, 11) is 0. The maximum Gasteiger partial charge on any atom is 0.338 e. The fraction of sp³-hybridized carbons (Fsp3) is 0.273. The van der Waals surface area contributed by atoms with E-state index in [-0.39, 0.29) is 19.1 Å². The zero-order valence-electron chi connectivity index (χ0n) is 16.8. The molecule has 0 saturated carbocycles. The number of hydrogen-bond donors (Lipinski definition) is 4. The Bertz CT molecular complexity index is 1060. The van der Waals surface area contributed by atoms with Crippen molar-refractivity contribution in [3.05, 3.63) is 69.5 Å². The maximum absolute atomic E-state index is 11.6. The molecule has 2 heterocycles. The zero-order chi connectivity index (χ0) is 21.7. The summed E-state index contributed by atoms with van der Waals surface area (Å²) in [5.74, 6) is 0.254. The number of anilines is 1. The van der Waals surface area contributed by atoms with Crippen LogP contribution in [0.4, 0.5) is 5.82 Å². The molecule has 4 N–H and O–H groups in total. The van der Waals surface area contributed by atoms with E-state index in [1.54, 1.807) is 24.4 Å². The standard InChI is InChI=1S/C22H23N5O3/c1-13-5-21(27-10-16(13)7-24)26-9-15(6-23)8-25-11-20(28)17-3-4-18-19(14(17)2)12-30-22(18)29/h3-6,9-10,20,23,25,28H,8,11-12H2,1-2H3,(H,26,27)/b15-9+,23-6?. The number of hydrogen-bond acceptors (Lipinski definition) is 8. The van der Waals surface area contributed by atoms with Gasteiger partial charge in [0.15, 0.2) is 0 Å². The van der Waals surface area contributed by atoms with Crippen molar-refractivity contribution in [2.24, 2.45) is 0 Å². The van der Waals surface area contributed by atoms with Gasteiger partial charge < -0.3 is 25.9 Å². The summed E-state index contributed by atoms with van der Waals surface area (Å²) < 4.78 is 5.05. The average molecular weight is 405 g/mol. The van der Waals surface area contributed by atoms with Crippen LogP contribution >= 0.6 is 0 Å². The van der Waals surface area contributed by atoms with Gasteiger partial charge in [-0.05, 0) is 48.2 Å². The quantitative estimate of drug-likeness (QED) is 0.392. The molecule has 8 heteroatoms. The number of carbonyl (C=O) groups excluding carboxylic acids is 1. The fourth-order valence-electron chi connectivity index (χ4n) is 3.25. The number of nitriles is 1. The Morgan fingerprint density at radius 3 is 2.97 bits per heavy atom. The highest BCUT2D eigenvalue weighted by Crippen LogP contribution is 2.28. The number of aliphatic hydroxyl groups excluding tert-OH is 1. The molecule has 154 valence electrons. The van der Waals surface area contributed by atoms with E-state index in [4.69, 9.17) is 15.4 Å². The number of nitrogens with zero attached hydrogens (tertiary/aromatic N) is 2. The maximum atomic E-state index is 11.6. The van der Waals surface area contributed by atoms with Crippen LogP contribution in [0.15, 0.2) is 36.2 Å². The number of fused-ring (bicyclic) bond motifs is 1. The summed E-state index contributed by atoms with van der Waals surface area (Å²) in [5.41, 5.74) is 4.99. The SMILES string of the molecule is Cc1cc(N/C=C(\C=N)CNCC(O)c2ccc3c(c2C)COC3=O)ncc1C#N. The van der Waals surface area contributed by atoms with Gasteiger partial charge in [-0.25, -0.2) is 9.78 Å². The Morgan fingerprint density at radius 1 is 1.47 bits per heavy atom. The van der Waals surface area contributed by atoms with Gasteiger partial charge in [-0.15, -0.1) is 0 Å². The average Bonchev–Trinajstić information content (AvgIpc) is 3.12. The Morgan fingerprint density at radius 2 is 2.27 bits per heavy atom. The van der Waals surface area contributed by atoms with Crippen LogP contribution in [0.5, 0.6) is 0 Å². The molecule has 1 aliphatic rings. The van der Waals surface area contributed by atoms with Crippen molar-refractivity contribution in [1.29, 1.82) is 10.7 Å². The zero-order valence-corrected chi connectivity index (χ0v) is 16.8. The van der Waals surface area contributed by atoms with Crippen molar-refractivity contribution in [3.63, 3.8) is 0 Å². The summed E-state index contributed by atoms with van der Waals surface area (Å²) in [6.45, 7) is 4.60. The molecule has 2 aromatic rings. The molecule has 1 unspecified atom stereocenters. The second kappa shape index (κ2) is 9.31. The minimum Gasteiger partial charge on any atom is -0.457 e. The molecule has 0 saturated heterocycles. The van der Waals surface area contributed by atoms with Crippen LogP contribution in [0.3, 0.4) is 0 Å². The Labute approximate surface area is 174 Å². The molecule has 0 fully saturated rings. The van der Waals surface area contributed by atoms with Crippen LogP contribution < -0.4 is 10.6 Å². The monoisotopic (exact) mass is 405 g/mol. The van der Waals surface area contributed by atoms with Gasteiger partial charge in [0, 0.05) is 37.3 Å². The summed E-state index contributed by atoms with van der Waals surface area (Å²) in [6, 6.07) is 7.27. The smallest absolute Gasteiger partial charge is 0.338 e. The van der Waals surface area contributed by atoms with E-state index in [2.05, 4.69) is 21.7 Å². The molecule has 1 aliphatic heterocycles. The second-order valence-electron chi connectivity index (χ2n) is 7.03. The number of pyridine rings is 1. The molecular weight excluding hydrogens is 382 g/mol. The predicted octanol–water partition coefficient (Wildman–Crippen LogP) is 2.51. The first-order valence-corrected chi connectivity index (χ1v) is 9.45. The number of nitrogens with one attached hydrogen (secondary N) is 3. The van der Waals surface area contributed by atoms with Crippen LogP contribution in [0.25, 0.3) is 0 Å². The summed E-state index contributed by atoms with van der Waals surface area (Å²) in [6.07, 6.45) is 3.62. The molecule has 1 atom stereocenters. The van der Waals surface area contributed by atoms with E-state index in [9.17, 15) is 9.90 Å². The third-order valence-electron chi connectivity index (χ3n) is 5.06. The number of carbonyl (C=O) groups is 1. The van der Waals surface area contributed by atoms with Gasteiger partial charge >= 0.3 is 5.97 Å². The highest BCUT2D eigenvalue weighted by molar-refractivity contribution is 5.94. The van der Waals surface area contributed by atoms with Crippen LogP contribution in [-0.4, -0.2) is 35.4 Å². The van der Waals surface area contributed by atoms with Crippen LogP contribution in [0.2, 0.25) is 0 Å². The molecule has 1 aromatic carbocycles. The molecule has 3 rings (SSSR count). The molecule has 0 spiro atoms. The predicted molar refractivity (Wildman–Crippen MR) is 112 cm³/mol.